The normalized spacial score (nSPS) is 18.9. The Morgan fingerprint density at radius 2 is 1.93 bits per heavy atom. The van der Waals surface area contributed by atoms with Gasteiger partial charge in [0.15, 0.2) is 0 Å². The van der Waals surface area contributed by atoms with E-state index in [-0.39, 0.29) is 16.9 Å². The monoisotopic (exact) mass is 393 g/mol. The van der Waals surface area contributed by atoms with Crippen molar-refractivity contribution in [2.45, 2.75) is 26.2 Å². The van der Waals surface area contributed by atoms with E-state index in [4.69, 9.17) is 10.1 Å². The summed E-state index contributed by atoms with van der Waals surface area (Å²) in [5.41, 5.74) is 0.491. The third kappa shape index (κ3) is 4.86. The number of amides is 1. The van der Waals surface area contributed by atoms with Gasteiger partial charge < -0.3 is 25.7 Å². The molecular formula is C20H27F2N4O2+. The Kier molecular flexibility index (Phi) is 6.28. The number of carbonyl (C=O) groups excluding carboxylic acids is 1. The van der Waals surface area contributed by atoms with Crippen molar-refractivity contribution in [3.8, 4) is 0 Å². The highest BCUT2D eigenvalue weighted by molar-refractivity contribution is 6.05. The van der Waals surface area contributed by atoms with Crippen LogP contribution in [0.5, 0.6) is 0 Å². The number of rotatable bonds is 8. The van der Waals surface area contributed by atoms with Crippen LogP contribution in [-0.4, -0.2) is 49.8 Å². The Balaban J connectivity index is 1.86. The van der Waals surface area contributed by atoms with Crippen molar-refractivity contribution in [2.75, 3.05) is 38.1 Å². The second-order valence-corrected chi connectivity index (χ2v) is 7.47. The summed E-state index contributed by atoms with van der Waals surface area (Å²) >= 11 is 0. The van der Waals surface area contributed by atoms with Gasteiger partial charge in [-0.2, -0.15) is 0 Å². The summed E-state index contributed by atoms with van der Waals surface area (Å²) in [5.74, 6) is -2.13. The maximum Gasteiger partial charge on any atom is 0.293 e. The Morgan fingerprint density at radius 3 is 2.46 bits per heavy atom. The first-order valence-electron chi connectivity index (χ1n) is 9.68. The predicted molar refractivity (Wildman–Crippen MR) is 102 cm³/mol. The fraction of sp³-hybridized carbons (Fsp3) is 0.500. The molecule has 1 saturated heterocycles. The highest BCUT2D eigenvalue weighted by atomic mass is 19.1. The lowest BCUT2D eigenvalue weighted by molar-refractivity contribution is -0.662. The van der Waals surface area contributed by atoms with Crippen LogP contribution in [-0.2, 0) is 9.53 Å². The Bertz CT molecular complexity index is 751. The molecule has 3 rings (SSSR count). The summed E-state index contributed by atoms with van der Waals surface area (Å²) < 4.78 is 32.9. The minimum absolute atomic E-state index is 0.0107. The standard InChI is InChI=1S/C20H26F2N4O2/c1-2-20(3-4-20)13-28-18(17(12-23)26-7-5-24-6-8-26)19(27)25-16-10-14(21)9-15(22)11-16/h9-12,23-24H,2-8,13H2,1H3,(H,25,27)/p+1. The first-order chi connectivity index (χ1) is 13.5. The van der Waals surface area contributed by atoms with E-state index < -0.39 is 17.5 Å². The highest BCUT2D eigenvalue weighted by Gasteiger charge is 2.42. The number of hydrogen-bond donors (Lipinski definition) is 3. The molecule has 0 unspecified atom stereocenters. The van der Waals surface area contributed by atoms with Crippen LogP contribution >= 0.6 is 0 Å². The quantitative estimate of drug-likeness (QED) is 0.358. The van der Waals surface area contributed by atoms with Gasteiger partial charge in [0.05, 0.1) is 32.8 Å². The molecule has 0 spiro atoms. The fourth-order valence-electron chi connectivity index (χ4n) is 3.36. The van der Waals surface area contributed by atoms with E-state index >= 15 is 0 Å². The third-order valence-electron chi connectivity index (χ3n) is 5.47. The van der Waals surface area contributed by atoms with Crippen molar-refractivity contribution in [3.63, 3.8) is 0 Å². The Morgan fingerprint density at radius 1 is 1.29 bits per heavy atom. The lowest BCUT2D eigenvalue weighted by Gasteiger charge is -2.29. The number of halogens is 2. The average molecular weight is 393 g/mol. The zero-order valence-electron chi connectivity index (χ0n) is 16.1. The summed E-state index contributed by atoms with van der Waals surface area (Å²) in [6.07, 6.45) is 4.17. The van der Waals surface area contributed by atoms with Gasteiger partial charge in [-0.05, 0) is 31.4 Å². The van der Waals surface area contributed by atoms with E-state index in [0.717, 1.165) is 56.8 Å². The highest BCUT2D eigenvalue weighted by Crippen LogP contribution is 2.49. The summed E-state index contributed by atoms with van der Waals surface area (Å²) in [4.78, 5) is 14.9. The van der Waals surface area contributed by atoms with Crippen LogP contribution in [0.15, 0.2) is 29.7 Å². The molecule has 0 atom stereocenters. The average Bonchev–Trinajstić information content (AvgIpc) is 3.45. The second-order valence-electron chi connectivity index (χ2n) is 7.47. The van der Waals surface area contributed by atoms with E-state index in [1.165, 1.54) is 0 Å². The SMILES string of the molecule is CCC1(COC(C(=O)Nc2cc(F)cc(F)c2)=C(C=N)N2CC[NH2+]CC2)CC1. The van der Waals surface area contributed by atoms with Crippen LogP contribution in [0, 0.1) is 22.5 Å². The lowest BCUT2D eigenvalue weighted by Crippen LogP contribution is -2.89. The van der Waals surface area contributed by atoms with Crippen LogP contribution < -0.4 is 10.6 Å². The van der Waals surface area contributed by atoms with Gasteiger partial charge in [-0.25, -0.2) is 8.78 Å². The zero-order valence-corrected chi connectivity index (χ0v) is 16.1. The van der Waals surface area contributed by atoms with Crippen LogP contribution in [0.3, 0.4) is 0 Å². The number of allylic oxidation sites excluding steroid dienone is 1. The molecule has 0 aromatic heterocycles. The summed E-state index contributed by atoms with van der Waals surface area (Å²) in [6.45, 7) is 5.59. The van der Waals surface area contributed by atoms with Gasteiger partial charge in [0.2, 0.25) is 5.76 Å². The van der Waals surface area contributed by atoms with Crippen molar-refractivity contribution in [3.05, 3.63) is 41.3 Å². The topological polar surface area (TPSA) is 82.0 Å². The molecule has 1 aliphatic heterocycles. The molecule has 28 heavy (non-hydrogen) atoms. The predicted octanol–water partition coefficient (Wildman–Crippen LogP) is 1.85. The number of nitrogens with zero attached hydrogens (tertiary/aromatic N) is 1. The molecule has 152 valence electrons. The first kappa shape index (κ1) is 20.3. The number of quaternary nitrogens is 1. The molecular weight excluding hydrogens is 366 g/mol. The summed E-state index contributed by atoms with van der Waals surface area (Å²) in [6, 6.07) is 2.84. The Labute approximate surface area is 163 Å². The van der Waals surface area contributed by atoms with Gasteiger partial charge >= 0.3 is 0 Å². The molecule has 4 N–H and O–H groups in total. The maximum atomic E-state index is 13.5. The molecule has 1 amide bonds. The second kappa shape index (κ2) is 8.68. The van der Waals surface area contributed by atoms with Crippen LogP contribution in [0.2, 0.25) is 0 Å². The van der Waals surface area contributed by atoms with Crippen LogP contribution in [0.4, 0.5) is 14.5 Å². The zero-order chi connectivity index (χ0) is 20.1. The van der Waals surface area contributed by atoms with Crippen molar-refractivity contribution < 1.29 is 23.6 Å². The smallest absolute Gasteiger partial charge is 0.293 e. The molecule has 8 heteroatoms. The van der Waals surface area contributed by atoms with Crippen LogP contribution in [0.25, 0.3) is 0 Å². The van der Waals surface area contributed by atoms with Gasteiger partial charge in [-0.3, -0.25) is 4.79 Å². The molecule has 2 fully saturated rings. The number of carbonyl (C=O) groups is 1. The summed E-state index contributed by atoms with van der Waals surface area (Å²) in [5, 5.41) is 12.5. The lowest BCUT2D eigenvalue weighted by atomic mass is 10.1. The van der Waals surface area contributed by atoms with Crippen LogP contribution in [0.1, 0.15) is 26.2 Å². The number of nitrogens with one attached hydrogen (secondary N) is 2. The molecule has 1 saturated carbocycles. The number of piperazine rings is 1. The van der Waals surface area contributed by atoms with Crippen molar-refractivity contribution >= 4 is 17.8 Å². The number of ether oxygens (including phenoxy) is 1. The number of anilines is 1. The summed E-state index contributed by atoms with van der Waals surface area (Å²) in [7, 11) is 0. The van der Waals surface area contributed by atoms with E-state index in [1.54, 1.807) is 0 Å². The molecule has 1 aromatic carbocycles. The third-order valence-corrected chi connectivity index (χ3v) is 5.47. The molecule has 1 aromatic rings. The Hall–Kier alpha value is -2.48. The molecule has 1 heterocycles. The minimum Gasteiger partial charge on any atom is -0.486 e. The van der Waals surface area contributed by atoms with Gasteiger partial charge in [0.25, 0.3) is 5.91 Å². The number of nitrogens with two attached hydrogens (primary N) is 1. The van der Waals surface area contributed by atoms with Gasteiger partial charge in [0, 0.05) is 23.4 Å². The maximum absolute atomic E-state index is 13.5. The van der Waals surface area contributed by atoms with Crippen molar-refractivity contribution in [1.29, 1.82) is 5.41 Å². The molecule has 0 bridgehead atoms. The molecule has 2 aliphatic rings. The molecule has 6 nitrogen and oxygen atoms in total. The number of benzene rings is 1. The van der Waals surface area contributed by atoms with E-state index in [0.29, 0.717) is 25.4 Å². The van der Waals surface area contributed by atoms with E-state index in [2.05, 4.69) is 17.6 Å². The molecule has 1 aliphatic carbocycles. The van der Waals surface area contributed by atoms with Gasteiger partial charge in [-0.15, -0.1) is 0 Å². The van der Waals surface area contributed by atoms with E-state index in [9.17, 15) is 13.6 Å². The molecule has 0 radical (unpaired) electrons. The van der Waals surface area contributed by atoms with Gasteiger partial charge in [-0.1, -0.05) is 6.92 Å². The number of hydrogen-bond acceptors (Lipinski definition) is 4. The van der Waals surface area contributed by atoms with Gasteiger partial charge in [0.1, 0.15) is 17.3 Å². The largest absolute Gasteiger partial charge is 0.486 e. The van der Waals surface area contributed by atoms with E-state index in [1.807, 2.05) is 4.90 Å². The van der Waals surface area contributed by atoms with Crippen molar-refractivity contribution in [2.24, 2.45) is 5.41 Å². The van der Waals surface area contributed by atoms with Crippen molar-refractivity contribution in [1.82, 2.24) is 4.90 Å². The minimum atomic E-state index is -0.775. The fourth-order valence-corrected chi connectivity index (χ4v) is 3.36. The first-order valence-corrected chi connectivity index (χ1v) is 9.68.